The smallest absolute Gasteiger partial charge is 0.267 e. The summed E-state index contributed by atoms with van der Waals surface area (Å²) in [6.07, 6.45) is 5.76. The van der Waals surface area contributed by atoms with Gasteiger partial charge in [0.05, 0.1) is 17.3 Å². The number of nitrogens with zero attached hydrogens (tertiary/aromatic N) is 3. The average Bonchev–Trinajstić information content (AvgIpc) is 2.92. The van der Waals surface area contributed by atoms with Crippen molar-refractivity contribution < 1.29 is 4.79 Å². The summed E-state index contributed by atoms with van der Waals surface area (Å²) < 4.78 is 0. The van der Waals surface area contributed by atoms with Crippen LogP contribution >= 0.6 is 11.8 Å². The van der Waals surface area contributed by atoms with Crippen molar-refractivity contribution in [2.45, 2.75) is 0 Å². The predicted octanol–water partition coefficient (Wildman–Crippen LogP) is 4.37. The summed E-state index contributed by atoms with van der Waals surface area (Å²) >= 11 is 1.41. The Labute approximate surface area is 158 Å². The number of allylic oxidation sites excluding steroid dienone is 2. The average molecular weight is 363 g/mol. The first-order chi connectivity index (χ1) is 12.6. The van der Waals surface area contributed by atoms with Gasteiger partial charge in [-0.15, -0.1) is 0 Å². The zero-order valence-corrected chi connectivity index (χ0v) is 15.7. The van der Waals surface area contributed by atoms with Crippen LogP contribution in [0.4, 0.5) is 5.69 Å². The first kappa shape index (κ1) is 18.2. The van der Waals surface area contributed by atoms with Crippen LogP contribution in [-0.2, 0) is 4.79 Å². The van der Waals surface area contributed by atoms with E-state index in [1.54, 1.807) is 4.90 Å². The second-order valence-electron chi connectivity index (χ2n) is 6.09. The van der Waals surface area contributed by atoms with Crippen LogP contribution in [0.1, 0.15) is 5.56 Å². The molecular formula is C21H21N3OS. The second kappa shape index (κ2) is 8.65. The van der Waals surface area contributed by atoms with Crippen molar-refractivity contribution in [3.63, 3.8) is 0 Å². The van der Waals surface area contributed by atoms with Crippen LogP contribution in [0.2, 0.25) is 0 Å². The third-order valence-corrected chi connectivity index (χ3v) is 4.65. The van der Waals surface area contributed by atoms with Crippen LogP contribution in [0.15, 0.2) is 82.7 Å². The Morgan fingerprint density at radius 2 is 1.69 bits per heavy atom. The normalized spacial score (nSPS) is 18.0. The SMILES string of the molecule is CN(C)CN1C(=O)C(=CC=Cc2ccccc2)SC1=Nc1ccccc1. The van der Waals surface area contributed by atoms with Gasteiger partial charge in [0.25, 0.3) is 5.91 Å². The molecule has 3 rings (SSSR count). The minimum atomic E-state index is -0.0175. The lowest BCUT2D eigenvalue weighted by Gasteiger charge is -2.20. The van der Waals surface area contributed by atoms with Crippen molar-refractivity contribution in [3.05, 3.63) is 83.3 Å². The molecule has 1 heterocycles. The van der Waals surface area contributed by atoms with Crippen molar-refractivity contribution in [2.24, 2.45) is 4.99 Å². The topological polar surface area (TPSA) is 35.9 Å². The molecular weight excluding hydrogens is 342 g/mol. The van der Waals surface area contributed by atoms with Crippen molar-refractivity contribution in [2.75, 3.05) is 20.8 Å². The first-order valence-corrected chi connectivity index (χ1v) is 9.17. The number of para-hydroxylation sites is 1. The fraction of sp³-hybridized carbons (Fsp3) is 0.143. The molecule has 26 heavy (non-hydrogen) atoms. The summed E-state index contributed by atoms with van der Waals surface area (Å²) in [4.78, 5) is 21.8. The van der Waals surface area contributed by atoms with Crippen LogP contribution in [0.5, 0.6) is 0 Å². The molecule has 2 aromatic carbocycles. The van der Waals surface area contributed by atoms with Crippen LogP contribution in [0.25, 0.3) is 6.08 Å². The molecule has 1 amide bonds. The van der Waals surface area contributed by atoms with E-state index in [4.69, 9.17) is 0 Å². The molecule has 0 aromatic heterocycles. The van der Waals surface area contributed by atoms with Crippen molar-refractivity contribution in [1.29, 1.82) is 0 Å². The van der Waals surface area contributed by atoms with E-state index in [1.807, 2.05) is 97.9 Å². The lowest BCUT2D eigenvalue weighted by Crippen LogP contribution is -2.37. The van der Waals surface area contributed by atoms with Gasteiger partial charge in [-0.25, -0.2) is 4.99 Å². The lowest BCUT2D eigenvalue weighted by molar-refractivity contribution is -0.123. The molecule has 132 valence electrons. The number of hydrogen-bond donors (Lipinski definition) is 0. The van der Waals surface area contributed by atoms with E-state index in [1.165, 1.54) is 11.8 Å². The molecule has 0 N–H and O–H groups in total. The largest absolute Gasteiger partial charge is 0.292 e. The number of benzene rings is 2. The summed E-state index contributed by atoms with van der Waals surface area (Å²) in [5.41, 5.74) is 1.94. The number of amides is 1. The predicted molar refractivity (Wildman–Crippen MR) is 110 cm³/mol. The maximum absolute atomic E-state index is 12.8. The monoisotopic (exact) mass is 363 g/mol. The number of rotatable bonds is 5. The molecule has 4 nitrogen and oxygen atoms in total. The fourth-order valence-corrected chi connectivity index (χ4v) is 3.38. The highest BCUT2D eigenvalue weighted by molar-refractivity contribution is 8.18. The van der Waals surface area contributed by atoms with E-state index in [0.717, 1.165) is 11.3 Å². The molecule has 1 saturated heterocycles. The Hall–Kier alpha value is -2.63. The number of carbonyl (C=O) groups is 1. The maximum atomic E-state index is 12.8. The van der Waals surface area contributed by atoms with Gasteiger partial charge in [-0.1, -0.05) is 60.7 Å². The molecule has 0 saturated carbocycles. The third-order valence-electron chi connectivity index (χ3n) is 3.63. The third kappa shape index (κ3) is 4.71. The molecule has 0 bridgehead atoms. The standard InChI is InChI=1S/C21H21N3OS/c1-23(2)16-24-20(25)19(15-9-12-17-10-5-3-6-11-17)26-21(24)22-18-13-7-4-8-14-18/h3-15H,16H2,1-2H3. The summed E-state index contributed by atoms with van der Waals surface area (Å²) in [5, 5.41) is 0.703. The quantitative estimate of drug-likeness (QED) is 0.740. The van der Waals surface area contributed by atoms with Crippen LogP contribution in [0.3, 0.4) is 0 Å². The van der Waals surface area contributed by atoms with Gasteiger partial charge in [0.2, 0.25) is 0 Å². The van der Waals surface area contributed by atoms with Gasteiger partial charge >= 0.3 is 0 Å². The van der Waals surface area contributed by atoms with Crippen LogP contribution < -0.4 is 0 Å². The maximum Gasteiger partial charge on any atom is 0.267 e. The van der Waals surface area contributed by atoms with Gasteiger partial charge in [-0.3, -0.25) is 14.6 Å². The zero-order chi connectivity index (χ0) is 18.4. The van der Waals surface area contributed by atoms with Gasteiger partial charge in [-0.05, 0) is 49.6 Å². The van der Waals surface area contributed by atoms with Gasteiger partial charge in [0, 0.05) is 0 Å². The fourth-order valence-electron chi connectivity index (χ4n) is 2.44. The number of hydrogen-bond acceptors (Lipinski definition) is 4. The van der Waals surface area contributed by atoms with E-state index in [-0.39, 0.29) is 5.91 Å². The Morgan fingerprint density at radius 1 is 1.04 bits per heavy atom. The first-order valence-electron chi connectivity index (χ1n) is 8.35. The summed E-state index contributed by atoms with van der Waals surface area (Å²) in [5.74, 6) is -0.0175. The zero-order valence-electron chi connectivity index (χ0n) is 14.9. The van der Waals surface area contributed by atoms with Gasteiger partial charge in [0.1, 0.15) is 0 Å². The Balaban J connectivity index is 1.84. The Morgan fingerprint density at radius 3 is 2.35 bits per heavy atom. The van der Waals surface area contributed by atoms with Crippen molar-refractivity contribution in [3.8, 4) is 0 Å². The number of thioether (sulfide) groups is 1. The van der Waals surface area contributed by atoms with E-state index in [2.05, 4.69) is 4.99 Å². The summed E-state index contributed by atoms with van der Waals surface area (Å²) in [7, 11) is 3.88. The molecule has 0 atom stereocenters. The molecule has 1 aliphatic heterocycles. The summed E-state index contributed by atoms with van der Waals surface area (Å²) in [6.45, 7) is 0.497. The Kier molecular flexibility index (Phi) is 6.04. The van der Waals surface area contributed by atoms with E-state index >= 15 is 0 Å². The molecule has 1 aliphatic rings. The lowest BCUT2D eigenvalue weighted by atomic mass is 10.2. The van der Waals surface area contributed by atoms with Crippen LogP contribution in [0, 0.1) is 0 Å². The highest BCUT2D eigenvalue weighted by Crippen LogP contribution is 2.32. The van der Waals surface area contributed by atoms with Gasteiger partial charge < -0.3 is 0 Å². The minimum absolute atomic E-state index is 0.0175. The number of carbonyl (C=O) groups excluding carboxylic acids is 1. The van der Waals surface area contributed by atoms with E-state index < -0.39 is 0 Å². The molecule has 0 radical (unpaired) electrons. The van der Waals surface area contributed by atoms with Gasteiger partial charge in [0.15, 0.2) is 5.17 Å². The van der Waals surface area contributed by atoms with E-state index in [9.17, 15) is 4.79 Å². The highest BCUT2D eigenvalue weighted by Gasteiger charge is 2.33. The molecule has 2 aromatic rings. The molecule has 0 unspecified atom stereocenters. The minimum Gasteiger partial charge on any atom is -0.292 e. The van der Waals surface area contributed by atoms with Crippen LogP contribution in [-0.4, -0.2) is 41.6 Å². The van der Waals surface area contributed by atoms with E-state index in [0.29, 0.717) is 16.7 Å². The Bertz CT molecular complexity index is 842. The number of aliphatic imine (C=N–C) groups is 1. The second-order valence-corrected chi connectivity index (χ2v) is 7.10. The summed E-state index contributed by atoms with van der Waals surface area (Å²) in [6, 6.07) is 19.7. The molecule has 0 spiro atoms. The number of amidine groups is 1. The molecule has 5 heteroatoms. The van der Waals surface area contributed by atoms with Gasteiger partial charge in [-0.2, -0.15) is 0 Å². The van der Waals surface area contributed by atoms with Crippen molar-refractivity contribution >= 4 is 34.6 Å². The van der Waals surface area contributed by atoms with Crippen molar-refractivity contribution in [1.82, 2.24) is 9.80 Å². The highest BCUT2D eigenvalue weighted by atomic mass is 32.2. The molecule has 0 aliphatic carbocycles. The molecule has 1 fully saturated rings.